The first-order valence-corrected chi connectivity index (χ1v) is 2.82. The Labute approximate surface area is 49.0 Å². The molecular weight excluding hydrogens is 102 g/mol. The fourth-order valence-electron chi connectivity index (χ4n) is 0.874. The normalized spacial score (nSPS) is 27.1. The number of nitrogens with zero attached hydrogens (tertiary/aromatic N) is 1. The van der Waals surface area contributed by atoms with Crippen molar-refractivity contribution in [2.45, 2.75) is 19.4 Å². The van der Waals surface area contributed by atoms with Crippen LogP contribution in [0.3, 0.4) is 0 Å². The summed E-state index contributed by atoms with van der Waals surface area (Å²) in [6.45, 7) is 3.04. The second-order valence-corrected chi connectivity index (χ2v) is 2.22. The molecule has 3 N–H and O–H groups in total. The van der Waals surface area contributed by atoms with Gasteiger partial charge in [-0.05, 0) is 13.3 Å². The third-order valence-corrected chi connectivity index (χ3v) is 1.63. The van der Waals surface area contributed by atoms with Gasteiger partial charge in [-0.15, -0.1) is 0 Å². The van der Waals surface area contributed by atoms with Gasteiger partial charge in [0.05, 0.1) is 0 Å². The number of nitrogens with two attached hydrogens (primary N) is 1. The van der Waals surface area contributed by atoms with E-state index in [9.17, 15) is 0 Å². The van der Waals surface area contributed by atoms with Crippen LogP contribution in [0, 0.1) is 5.41 Å². The quantitative estimate of drug-likeness (QED) is 0.342. The van der Waals surface area contributed by atoms with Gasteiger partial charge in [-0.1, -0.05) is 0 Å². The van der Waals surface area contributed by atoms with E-state index < -0.39 is 0 Å². The van der Waals surface area contributed by atoms with Crippen molar-refractivity contribution in [2.75, 3.05) is 6.54 Å². The molecule has 46 valence electrons. The summed E-state index contributed by atoms with van der Waals surface area (Å²) in [5.74, 6) is 0.212. The Bertz CT molecular complexity index is 110. The number of guanidine groups is 1. The van der Waals surface area contributed by atoms with Crippen LogP contribution in [-0.4, -0.2) is 23.4 Å². The maximum absolute atomic E-state index is 6.99. The molecule has 3 heteroatoms. The lowest BCUT2D eigenvalue weighted by atomic mass is 10.1. The Morgan fingerprint density at radius 2 is 2.50 bits per heavy atom. The van der Waals surface area contributed by atoms with Crippen molar-refractivity contribution in [1.29, 1.82) is 5.41 Å². The average Bonchev–Trinajstić information content (AvgIpc) is 1.61. The molecule has 0 aliphatic carbocycles. The zero-order chi connectivity index (χ0) is 6.15. The molecular formula is C5H11N3. The van der Waals surface area contributed by atoms with Gasteiger partial charge in [0, 0.05) is 12.6 Å². The van der Waals surface area contributed by atoms with Gasteiger partial charge in [-0.3, -0.25) is 5.41 Å². The molecule has 0 bridgehead atoms. The Hall–Kier alpha value is -0.730. The van der Waals surface area contributed by atoms with E-state index in [0.29, 0.717) is 6.04 Å². The molecule has 8 heavy (non-hydrogen) atoms. The minimum Gasteiger partial charge on any atom is -0.370 e. The number of rotatable bonds is 0. The summed E-state index contributed by atoms with van der Waals surface area (Å²) >= 11 is 0. The van der Waals surface area contributed by atoms with Gasteiger partial charge in [-0.25, -0.2) is 0 Å². The van der Waals surface area contributed by atoms with Crippen molar-refractivity contribution < 1.29 is 0 Å². The third kappa shape index (κ3) is 0.638. The summed E-state index contributed by atoms with van der Waals surface area (Å²) in [5.41, 5.74) is 5.20. The van der Waals surface area contributed by atoms with E-state index in [2.05, 4.69) is 6.92 Å². The first kappa shape index (κ1) is 5.41. The molecule has 0 spiro atoms. The SMILES string of the molecule is CC1CCN1C(=N)N. The summed E-state index contributed by atoms with van der Waals surface area (Å²) in [5, 5.41) is 6.99. The molecule has 0 radical (unpaired) electrons. The fourth-order valence-corrected chi connectivity index (χ4v) is 0.874. The highest BCUT2D eigenvalue weighted by Gasteiger charge is 2.23. The van der Waals surface area contributed by atoms with Gasteiger partial charge in [0.25, 0.3) is 0 Å². The van der Waals surface area contributed by atoms with Gasteiger partial charge >= 0.3 is 0 Å². The summed E-state index contributed by atoms with van der Waals surface area (Å²) in [4.78, 5) is 1.88. The Morgan fingerprint density at radius 1 is 1.88 bits per heavy atom. The van der Waals surface area contributed by atoms with Crippen LogP contribution in [0.25, 0.3) is 0 Å². The Balaban J connectivity index is 2.37. The fraction of sp³-hybridized carbons (Fsp3) is 0.800. The molecule has 1 aliphatic heterocycles. The first-order chi connectivity index (χ1) is 3.72. The van der Waals surface area contributed by atoms with E-state index in [1.54, 1.807) is 0 Å². The zero-order valence-electron chi connectivity index (χ0n) is 5.02. The van der Waals surface area contributed by atoms with Gasteiger partial charge in [0.2, 0.25) is 0 Å². The van der Waals surface area contributed by atoms with Crippen LogP contribution in [0.15, 0.2) is 0 Å². The highest BCUT2D eigenvalue weighted by molar-refractivity contribution is 5.75. The van der Waals surface area contributed by atoms with Crippen molar-refractivity contribution in [2.24, 2.45) is 5.73 Å². The van der Waals surface area contributed by atoms with Crippen LogP contribution >= 0.6 is 0 Å². The maximum atomic E-state index is 6.99. The van der Waals surface area contributed by atoms with Crippen LogP contribution in [0.2, 0.25) is 0 Å². The molecule has 0 saturated carbocycles. The smallest absolute Gasteiger partial charge is 0.188 e. The first-order valence-electron chi connectivity index (χ1n) is 2.82. The van der Waals surface area contributed by atoms with E-state index in [1.165, 1.54) is 6.42 Å². The molecule has 1 fully saturated rings. The Morgan fingerprint density at radius 3 is 2.50 bits per heavy atom. The monoisotopic (exact) mass is 113 g/mol. The standard InChI is InChI=1S/C5H11N3/c1-4-2-3-8(4)5(6)7/h4H,2-3H2,1H3,(H3,6,7). The second kappa shape index (κ2) is 1.65. The minimum atomic E-state index is 0.212. The highest BCUT2D eigenvalue weighted by atomic mass is 15.3. The molecule has 1 aliphatic rings. The number of hydrogen-bond donors (Lipinski definition) is 2. The topological polar surface area (TPSA) is 53.1 Å². The predicted molar refractivity (Wildman–Crippen MR) is 32.7 cm³/mol. The van der Waals surface area contributed by atoms with E-state index in [4.69, 9.17) is 11.1 Å². The van der Waals surface area contributed by atoms with Gasteiger partial charge < -0.3 is 10.6 Å². The predicted octanol–water partition coefficient (Wildman–Crippen LogP) is -0.0259. The van der Waals surface area contributed by atoms with Crippen LogP contribution < -0.4 is 5.73 Å². The van der Waals surface area contributed by atoms with Gasteiger partial charge in [0.15, 0.2) is 5.96 Å². The molecule has 1 unspecified atom stereocenters. The molecule has 0 amide bonds. The maximum Gasteiger partial charge on any atom is 0.188 e. The number of nitrogens with one attached hydrogen (secondary N) is 1. The summed E-state index contributed by atoms with van der Waals surface area (Å²) < 4.78 is 0. The molecule has 0 aromatic rings. The van der Waals surface area contributed by atoms with Crippen molar-refractivity contribution in [3.8, 4) is 0 Å². The minimum absolute atomic E-state index is 0.212. The average molecular weight is 113 g/mol. The number of likely N-dealkylation sites (tertiary alicyclic amines) is 1. The summed E-state index contributed by atoms with van der Waals surface area (Å²) in [7, 11) is 0. The zero-order valence-corrected chi connectivity index (χ0v) is 5.02. The van der Waals surface area contributed by atoms with Crippen molar-refractivity contribution in [3.63, 3.8) is 0 Å². The van der Waals surface area contributed by atoms with E-state index in [-0.39, 0.29) is 5.96 Å². The van der Waals surface area contributed by atoms with Crippen LogP contribution in [0.1, 0.15) is 13.3 Å². The van der Waals surface area contributed by atoms with Crippen molar-refractivity contribution in [3.05, 3.63) is 0 Å². The van der Waals surface area contributed by atoms with E-state index >= 15 is 0 Å². The van der Waals surface area contributed by atoms with Gasteiger partial charge in [0.1, 0.15) is 0 Å². The molecule has 1 atom stereocenters. The lowest BCUT2D eigenvalue weighted by Gasteiger charge is -2.38. The highest BCUT2D eigenvalue weighted by Crippen LogP contribution is 2.13. The molecule has 0 aromatic heterocycles. The summed E-state index contributed by atoms with van der Waals surface area (Å²) in [6.07, 6.45) is 1.18. The van der Waals surface area contributed by atoms with Gasteiger partial charge in [-0.2, -0.15) is 0 Å². The van der Waals surface area contributed by atoms with Crippen molar-refractivity contribution >= 4 is 5.96 Å². The molecule has 0 aromatic carbocycles. The molecule has 1 rings (SSSR count). The largest absolute Gasteiger partial charge is 0.370 e. The lowest BCUT2D eigenvalue weighted by molar-refractivity contribution is 0.199. The third-order valence-electron chi connectivity index (χ3n) is 1.63. The van der Waals surface area contributed by atoms with Crippen LogP contribution in [0.5, 0.6) is 0 Å². The Kier molecular flexibility index (Phi) is 1.12. The molecule has 3 nitrogen and oxygen atoms in total. The van der Waals surface area contributed by atoms with E-state index in [1.807, 2.05) is 4.90 Å². The van der Waals surface area contributed by atoms with Crippen LogP contribution in [0.4, 0.5) is 0 Å². The van der Waals surface area contributed by atoms with Crippen molar-refractivity contribution in [1.82, 2.24) is 4.90 Å². The summed E-state index contributed by atoms with van der Waals surface area (Å²) in [6, 6.07) is 0.507. The van der Waals surface area contributed by atoms with E-state index in [0.717, 1.165) is 6.54 Å². The number of hydrogen-bond acceptors (Lipinski definition) is 1. The second-order valence-electron chi connectivity index (χ2n) is 2.22. The molecule has 1 saturated heterocycles. The van der Waals surface area contributed by atoms with Crippen LogP contribution in [-0.2, 0) is 0 Å². The molecule has 1 heterocycles. The lowest BCUT2D eigenvalue weighted by Crippen LogP contribution is -2.52.